The van der Waals surface area contributed by atoms with Crippen molar-refractivity contribution in [3.63, 3.8) is 0 Å². The van der Waals surface area contributed by atoms with Crippen molar-refractivity contribution in [2.75, 3.05) is 7.05 Å². The molecule has 0 aromatic heterocycles. The third-order valence-corrected chi connectivity index (χ3v) is 14.0. The van der Waals surface area contributed by atoms with Gasteiger partial charge in [0.05, 0.1) is 0 Å². The van der Waals surface area contributed by atoms with E-state index in [4.69, 9.17) is 0 Å². The minimum atomic E-state index is -1.73. The van der Waals surface area contributed by atoms with Crippen molar-refractivity contribution in [1.29, 1.82) is 0 Å². The Morgan fingerprint density at radius 1 is 0.824 bits per heavy atom. The Bertz CT molecular complexity index is 215. The summed E-state index contributed by atoms with van der Waals surface area (Å²) in [4.78, 5) is 3.65. The molecule has 0 saturated carbocycles. The Kier molecular flexibility index (Phi) is 6.31. The van der Waals surface area contributed by atoms with Gasteiger partial charge in [0, 0.05) is 0 Å². The molecule has 0 heterocycles. The second-order valence-electron chi connectivity index (χ2n) is 7.50. The molecule has 0 radical (unpaired) electrons. The smallest absolute Gasteiger partial charge is 0.268 e. The molecule has 0 saturated heterocycles. The molecule has 3 nitrogen and oxygen atoms in total. The third kappa shape index (κ3) is 8.28. The summed E-state index contributed by atoms with van der Waals surface area (Å²) < 4.78 is 8.00. The van der Waals surface area contributed by atoms with Crippen molar-refractivity contribution in [1.82, 2.24) is 14.3 Å². The fourth-order valence-electron chi connectivity index (χ4n) is 2.25. The number of nitrogens with one attached hydrogen (secondary N) is 3. The van der Waals surface area contributed by atoms with E-state index in [0.717, 1.165) is 5.92 Å². The molecule has 3 N–H and O–H groups in total. The van der Waals surface area contributed by atoms with Gasteiger partial charge in [0.1, 0.15) is 16.5 Å². The molecule has 0 rings (SSSR count). The summed E-state index contributed by atoms with van der Waals surface area (Å²) in [7, 11) is -2.15. The Morgan fingerprint density at radius 3 is 1.35 bits per heavy atom. The van der Waals surface area contributed by atoms with Crippen LogP contribution in [0, 0.1) is 5.92 Å². The zero-order valence-corrected chi connectivity index (χ0v) is 16.3. The number of rotatable bonds is 7. The second kappa shape index (κ2) is 6.12. The molecule has 0 aliphatic rings. The van der Waals surface area contributed by atoms with Gasteiger partial charge in [-0.1, -0.05) is 53.1 Å². The molecule has 0 amide bonds. The van der Waals surface area contributed by atoms with E-state index in [2.05, 4.69) is 74.5 Å². The summed E-state index contributed by atoms with van der Waals surface area (Å²) in [6, 6.07) is 1.25. The minimum absolute atomic E-state index is 0.724. The van der Waals surface area contributed by atoms with E-state index in [1.807, 2.05) is 0 Å². The lowest BCUT2D eigenvalue weighted by atomic mass is 10.3. The normalized spacial score (nSPS) is 14.5. The highest BCUT2D eigenvalue weighted by molar-refractivity contribution is 6.96. The zero-order chi connectivity index (χ0) is 13.9. The molecule has 0 spiro atoms. The maximum absolute atomic E-state index is 4.00. The summed E-state index contributed by atoms with van der Waals surface area (Å²) in [5.41, 5.74) is 0. The van der Waals surface area contributed by atoms with Gasteiger partial charge in [0.2, 0.25) is 0 Å². The molecule has 0 aliphatic carbocycles. The zero-order valence-electron chi connectivity index (χ0n) is 13.3. The van der Waals surface area contributed by atoms with Crippen LogP contribution in [-0.2, 0) is 0 Å². The Morgan fingerprint density at radius 2 is 1.18 bits per heavy atom. The lowest BCUT2D eigenvalue weighted by Gasteiger charge is -2.42. The van der Waals surface area contributed by atoms with E-state index < -0.39 is 25.0 Å². The number of hydrogen-bond donors (Lipinski definition) is 3. The SMILES string of the molecule is CN[Si](CC(C)C)(N[Si](C)(C)C)N[Si](C)(C)C. The molecule has 0 bridgehead atoms. The van der Waals surface area contributed by atoms with Crippen LogP contribution in [0.15, 0.2) is 0 Å². The van der Waals surface area contributed by atoms with Crippen LogP contribution in [0.5, 0.6) is 0 Å². The van der Waals surface area contributed by atoms with Crippen LogP contribution in [0.2, 0.25) is 45.3 Å². The topological polar surface area (TPSA) is 36.1 Å². The van der Waals surface area contributed by atoms with Gasteiger partial charge in [-0.25, -0.2) is 0 Å². The van der Waals surface area contributed by atoms with Crippen LogP contribution in [0.1, 0.15) is 13.8 Å². The van der Waals surface area contributed by atoms with E-state index in [1.165, 1.54) is 6.04 Å². The van der Waals surface area contributed by atoms with Crippen molar-refractivity contribution in [3.05, 3.63) is 0 Å². The summed E-state index contributed by atoms with van der Waals surface area (Å²) in [6.07, 6.45) is 0. The van der Waals surface area contributed by atoms with Gasteiger partial charge in [-0.2, -0.15) is 0 Å². The maximum Gasteiger partial charge on any atom is 0.268 e. The standard InChI is InChI=1S/C11H33N3Si3/c1-11(2)10-17(12-3,13-15(4,5)6)14-16(7,8)9/h11-14H,10H2,1-9H3. The fourth-order valence-corrected chi connectivity index (χ4v) is 16.6. The molecular formula is C11H33N3Si3. The molecule has 104 valence electrons. The van der Waals surface area contributed by atoms with Crippen LogP contribution in [0.3, 0.4) is 0 Å². The molecule has 0 aromatic carbocycles. The minimum Gasteiger partial charge on any atom is -0.335 e. The highest BCUT2D eigenvalue weighted by atomic mass is 28.4. The van der Waals surface area contributed by atoms with Gasteiger partial charge in [-0.15, -0.1) is 0 Å². The second-order valence-corrected chi connectivity index (χ2v) is 21.2. The number of hydrogen-bond acceptors (Lipinski definition) is 3. The Balaban J connectivity index is 5.01. The van der Waals surface area contributed by atoms with Crippen LogP contribution in [-0.4, -0.2) is 32.1 Å². The van der Waals surface area contributed by atoms with Crippen LogP contribution in [0.4, 0.5) is 0 Å². The molecule has 0 aliphatic heterocycles. The predicted molar refractivity (Wildman–Crippen MR) is 87.4 cm³/mol. The van der Waals surface area contributed by atoms with Gasteiger partial charge in [0.15, 0.2) is 0 Å². The van der Waals surface area contributed by atoms with Crippen LogP contribution >= 0.6 is 0 Å². The van der Waals surface area contributed by atoms with Crippen molar-refractivity contribution < 1.29 is 0 Å². The van der Waals surface area contributed by atoms with Crippen LogP contribution in [0.25, 0.3) is 0 Å². The molecule has 17 heavy (non-hydrogen) atoms. The fraction of sp³-hybridized carbons (Fsp3) is 1.00. The van der Waals surface area contributed by atoms with E-state index in [-0.39, 0.29) is 0 Å². The molecule has 0 fully saturated rings. The highest BCUT2D eigenvalue weighted by Crippen LogP contribution is 2.14. The van der Waals surface area contributed by atoms with Crippen LogP contribution < -0.4 is 14.3 Å². The Hall–Kier alpha value is 0.531. The van der Waals surface area contributed by atoms with E-state index >= 15 is 0 Å². The van der Waals surface area contributed by atoms with Gasteiger partial charge in [-0.05, 0) is 19.0 Å². The summed E-state index contributed by atoms with van der Waals surface area (Å²) in [5, 5.41) is 0. The first kappa shape index (κ1) is 17.5. The first-order valence-electron chi connectivity index (χ1n) is 6.67. The largest absolute Gasteiger partial charge is 0.335 e. The molecular weight excluding hydrogens is 258 g/mol. The van der Waals surface area contributed by atoms with Crippen molar-refractivity contribution in [3.8, 4) is 0 Å². The first-order chi connectivity index (χ1) is 7.39. The first-order valence-corrected chi connectivity index (χ1v) is 15.9. The monoisotopic (exact) mass is 291 g/mol. The third-order valence-electron chi connectivity index (χ3n) is 2.32. The lowest BCUT2D eigenvalue weighted by Crippen LogP contribution is -2.80. The quantitative estimate of drug-likeness (QED) is 0.631. The van der Waals surface area contributed by atoms with Crippen molar-refractivity contribution >= 4 is 25.0 Å². The predicted octanol–water partition coefficient (Wildman–Crippen LogP) is 2.65. The molecule has 0 atom stereocenters. The average Bonchev–Trinajstić information content (AvgIpc) is 1.95. The molecule has 0 unspecified atom stereocenters. The van der Waals surface area contributed by atoms with E-state index in [1.54, 1.807) is 0 Å². The maximum atomic E-state index is 4.00. The molecule has 0 aromatic rings. The van der Waals surface area contributed by atoms with Crippen molar-refractivity contribution in [2.24, 2.45) is 5.92 Å². The van der Waals surface area contributed by atoms with Gasteiger partial charge in [-0.3, -0.25) is 0 Å². The highest BCUT2D eigenvalue weighted by Gasteiger charge is 2.40. The van der Waals surface area contributed by atoms with E-state index in [0.29, 0.717) is 0 Å². The summed E-state index contributed by atoms with van der Waals surface area (Å²) in [5.74, 6) is 0.724. The summed E-state index contributed by atoms with van der Waals surface area (Å²) >= 11 is 0. The van der Waals surface area contributed by atoms with E-state index in [9.17, 15) is 0 Å². The van der Waals surface area contributed by atoms with Gasteiger partial charge >= 0.3 is 0 Å². The Labute approximate surface area is 112 Å². The summed E-state index contributed by atoms with van der Waals surface area (Å²) in [6.45, 7) is 19.0. The van der Waals surface area contributed by atoms with Gasteiger partial charge < -0.3 is 14.3 Å². The van der Waals surface area contributed by atoms with Gasteiger partial charge in [0.25, 0.3) is 8.56 Å². The molecule has 6 heteroatoms. The average molecular weight is 292 g/mol. The lowest BCUT2D eigenvalue weighted by molar-refractivity contribution is 0.696. The van der Waals surface area contributed by atoms with Crippen molar-refractivity contribution in [2.45, 2.75) is 59.2 Å².